The van der Waals surface area contributed by atoms with E-state index in [1.54, 1.807) is 0 Å². The molecule has 4 heteroatoms. The van der Waals surface area contributed by atoms with Gasteiger partial charge in [0.15, 0.2) is 0 Å². The molecular formula is C4H7O3Y+2. The molecule has 0 aliphatic carbocycles. The van der Waals surface area contributed by atoms with Crippen LogP contribution in [0.4, 0.5) is 0 Å². The fourth-order valence-corrected chi connectivity index (χ4v) is 0.202. The van der Waals surface area contributed by atoms with Crippen molar-refractivity contribution in [3.8, 4) is 0 Å². The number of hydrogen-bond donors (Lipinski definition) is 2. The summed E-state index contributed by atoms with van der Waals surface area (Å²) >= 11 is 0. The van der Waals surface area contributed by atoms with Crippen LogP contribution < -0.4 is 0 Å². The van der Waals surface area contributed by atoms with Gasteiger partial charge in [0.05, 0.1) is 0 Å². The number of rotatable bonds is 2. The Hall–Kier alpha value is 0.534. The Morgan fingerprint density at radius 2 is 2.12 bits per heavy atom. The van der Waals surface area contributed by atoms with Crippen LogP contribution in [0.3, 0.4) is 0 Å². The summed E-state index contributed by atoms with van der Waals surface area (Å²) in [5, 5.41) is 16.1. The topological polar surface area (TPSA) is 57.5 Å². The van der Waals surface area contributed by atoms with Crippen LogP contribution >= 0.6 is 0 Å². The predicted molar refractivity (Wildman–Crippen MR) is 23.6 cm³/mol. The van der Waals surface area contributed by atoms with Crippen LogP contribution in [0, 0.1) is 6.92 Å². The average molecular weight is 192 g/mol. The van der Waals surface area contributed by atoms with Gasteiger partial charge in [-0.3, -0.25) is 4.79 Å². The van der Waals surface area contributed by atoms with E-state index in [1.807, 2.05) is 0 Å². The van der Waals surface area contributed by atoms with E-state index in [9.17, 15) is 4.79 Å². The van der Waals surface area contributed by atoms with E-state index in [1.165, 1.54) is 0 Å². The summed E-state index contributed by atoms with van der Waals surface area (Å²) in [5.41, 5.74) is 0. The van der Waals surface area contributed by atoms with E-state index < -0.39 is 12.1 Å². The minimum absolute atomic E-state index is 0. The molecule has 0 saturated carbocycles. The van der Waals surface area contributed by atoms with Crippen molar-refractivity contribution >= 4 is 5.97 Å². The van der Waals surface area contributed by atoms with Gasteiger partial charge in [0.25, 0.3) is 0 Å². The molecule has 1 unspecified atom stereocenters. The van der Waals surface area contributed by atoms with Crippen LogP contribution in [-0.4, -0.2) is 22.3 Å². The maximum atomic E-state index is 9.61. The van der Waals surface area contributed by atoms with Gasteiger partial charge in [0, 0.05) is 6.42 Å². The first-order valence-electron chi connectivity index (χ1n) is 1.86. The minimum Gasteiger partial charge on any atom is -0.481 e. The molecule has 0 aromatic carbocycles. The largest absolute Gasteiger partial charge is 3.00 e. The van der Waals surface area contributed by atoms with Gasteiger partial charge in [-0.25, -0.2) is 0 Å². The van der Waals surface area contributed by atoms with Crippen LogP contribution in [0.1, 0.15) is 6.42 Å². The Morgan fingerprint density at radius 1 is 1.75 bits per heavy atom. The number of carbonyl (C=O) groups is 1. The summed E-state index contributed by atoms with van der Waals surface area (Å²) in [7, 11) is 0. The molecule has 0 aliphatic rings. The van der Waals surface area contributed by atoms with Gasteiger partial charge < -0.3 is 17.1 Å². The zero-order chi connectivity index (χ0) is 5.86. The monoisotopic (exact) mass is 192 g/mol. The molecule has 0 aliphatic heterocycles. The van der Waals surface area contributed by atoms with Gasteiger partial charge >= 0.3 is 38.7 Å². The fraction of sp³-hybridized carbons (Fsp3) is 0.500. The smallest absolute Gasteiger partial charge is 0.481 e. The van der Waals surface area contributed by atoms with Crippen LogP contribution in [0.25, 0.3) is 0 Å². The number of carboxylic acids is 1. The average Bonchev–Trinajstić information content (AvgIpc) is 1.27. The molecule has 0 aromatic rings. The van der Waals surface area contributed by atoms with E-state index in [2.05, 4.69) is 6.92 Å². The second-order valence-electron chi connectivity index (χ2n) is 1.25. The Labute approximate surface area is 73.0 Å². The Balaban J connectivity index is 0. The van der Waals surface area contributed by atoms with Crippen molar-refractivity contribution in [2.24, 2.45) is 0 Å². The van der Waals surface area contributed by atoms with Gasteiger partial charge in [-0.1, -0.05) is 6.10 Å². The molecule has 8 heavy (non-hydrogen) atoms. The van der Waals surface area contributed by atoms with Gasteiger partial charge in [-0.15, -0.1) is 0 Å². The van der Waals surface area contributed by atoms with E-state index in [4.69, 9.17) is 10.2 Å². The van der Waals surface area contributed by atoms with Crippen molar-refractivity contribution in [2.45, 2.75) is 12.5 Å². The molecular weight excluding hydrogens is 185 g/mol. The Bertz CT molecular complexity index is 71.7. The number of aliphatic hydroxyl groups excluding tert-OH is 1. The summed E-state index contributed by atoms with van der Waals surface area (Å²) in [5.74, 6) is -1.03. The van der Waals surface area contributed by atoms with E-state index in [-0.39, 0.29) is 39.1 Å². The zero-order valence-electron chi connectivity index (χ0n) is 4.37. The molecule has 0 saturated heterocycles. The molecule has 0 bridgehead atoms. The summed E-state index contributed by atoms with van der Waals surface area (Å²) in [6.07, 6.45) is -1.25. The fourth-order valence-electron chi connectivity index (χ4n) is 0.202. The third-order valence-electron chi connectivity index (χ3n) is 0.410. The number of aliphatic hydroxyl groups is 1. The molecule has 0 radical (unpaired) electrons. The number of hydrogen-bond acceptors (Lipinski definition) is 2. The van der Waals surface area contributed by atoms with Crippen molar-refractivity contribution in [1.29, 1.82) is 0 Å². The molecule has 1 atom stereocenters. The first kappa shape index (κ1) is 11.3. The number of carboxylic acid groups (broad SMARTS) is 1. The summed E-state index contributed by atoms with van der Waals surface area (Å²) < 4.78 is 0. The first-order valence-corrected chi connectivity index (χ1v) is 1.86. The molecule has 3 nitrogen and oxygen atoms in total. The van der Waals surface area contributed by atoms with Crippen molar-refractivity contribution in [1.82, 2.24) is 0 Å². The quantitative estimate of drug-likeness (QED) is 0.588. The second-order valence-corrected chi connectivity index (χ2v) is 1.25. The van der Waals surface area contributed by atoms with Crippen molar-refractivity contribution in [2.75, 3.05) is 0 Å². The molecule has 0 amide bonds. The van der Waals surface area contributed by atoms with Gasteiger partial charge in [-0.2, -0.15) is 0 Å². The predicted octanol–water partition coefficient (Wildman–Crippen LogP) is -0.346. The van der Waals surface area contributed by atoms with Crippen LogP contribution in [0.15, 0.2) is 0 Å². The zero-order valence-corrected chi connectivity index (χ0v) is 7.21. The van der Waals surface area contributed by atoms with E-state index >= 15 is 0 Å². The first-order chi connectivity index (χ1) is 3.13. The van der Waals surface area contributed by atoms with Gasteiger partial charge in [0.1, 0.15) is 0 Å². The van der Waals surface area contributed by atoms with Crippen molar-refractivity contribution < 1.29 is 47.7 Å². The molecule has 0 spiro atoms. The van der Waals surface area contributed by atoms with Crippen molar-refractivity contribution in [3.63, 3.8) is 0 Å². The maximum Gasteiger partial charge on any atom is 3.00 e. The van der Waals surface area contributed by atoms with Gasteiger partial charge in [-0.05, 0) is 0 Å². The van der Waals surface area contributed by atoms with Gasteiger partial charge in [0.2, 0.25) is 0 Å². The number of aliphatic carboxylic acids is 1. The van der Waals surface area contributed by atoms with Crippen molar-refractivity contribution in [3.05, 3.63) is 6.92 Å². The molecule has 42 valence electrons. The third kappa shape index (κ3) is 9.73. The van der Waals surface area contributed by atoms with E-state index in [0.717, 1.165) is 0 Å². The third-order valence-corrected chi connectivity index (χ3v) is 0.410. The van der Waals surface area contributed by atoms with Crippen LogP contribution in [0.2, 0.25) is 0 Å². The minimum atomic E-state index is -1.03. The van der Waals surface area contributed by atoms with E-state index in [0.29, 0.717) is 0 Å². The maximum absolute atomic E-state index is 9.61. The summed E-state index contributed by atoms with van der Waals surface area (Å²) in [6, 6.07) is 0. The van der Waals surface area contributed by atoms with Crippen LogP contribution in [-0.2, 0) is 37.5 Å². The molecule has 0 aromatic heterocycles. The molecule has 0 rings (SSSR count). The Morgan fingerprint density at radius 3 is 2.12 bits per heavy atom. The SMILES string of the molecule is [CH2-]C(O)CC(=O)O.[Y+3]. The van der Waals surface area contributed by atoms with Crippen LogP contribution in [0.5, 0.6) is 0 Å². The molecule has 2 N–H and O–H groups in total. The standard InChI is InChI=1S/C4H7O3.Y/c1-3(5)2-4(6)7;/h3,5H,1-2H2,(H,6,7);/q-1;+3. The summed E-state index contributed by atoms with van der Waals surface area (Å²) in [6.45, 7) is 3.05. The molecule has 0 fully saturated rings. The normalized spacial score (nSPS) is 11.8. The second kappa shape index (κ2) is 5.67. The Kier molecular flexibility index (Phi) is 8.04. The summed E-state index contributed by atoms with van der Waals surface area (Å²) in [4.78, 5) is 9.61. The molecule has 0 heterocycles.